The Balaban J connectivity index is 1.95. The van der Waals surface area contributed by atoms with E-state index in [0.717, 1.165) is 17.2 Å². The normalized spacial score (nSPS) is 19.5. The summed E-state index contributed by atoms with van der Waals surface area (Å²) in [4.78, 5) is 17.8. The minimum Gasteiger partial charge on any atom is -0.480 e. The van der Waals surface area contributed by atoms with Crippen molar-refractivity contribution in [2.45, 2.75) is 25.8 Å². The average molecular weight is 340 g/mol. The highest BCUT2D eigenvalue weighted by Crippen LogP contribution is 2.35. The van der Waals surface area contributed by atoms with Gasteiger partial charge in [0.15, 0.2) is 0 Å². The molecule has 1 N–H and O–H groups in total. The molecule has 0 bridgehead atoms. The second kappa shape index (κ2) is 6.85. The number of methoxy groups -OCH3 is 1. The zero-order valence-electron chi connectivity index (χ0n) is 14.4. The Labute approximate surface area is 146 Å². The van der Waals surface area contributed by atoms with Crippen LogP contribution in [0.2, 0.25) is 0 Å². The smallest absolute Gasteiger partial charge is 0.233 e. The lowest BCUT2D eigenvalue weighted by atomic mass is 10.0. The highest BCUT2D eigenvalue weighted by atomic mass is 16.5. The fourth-order valence-electron chi connectivity index (χ4n) is 3.31. The number of aryl methyl sites for hydroxylation is 1. The van der Waals surface area contributed by atoms with Crippen LogP contribution in [-0.2, 0) is 4.79 Å². The molecule has 3 rings (SSSR count). The number of nitriles is 1. The van der Waals surface area contributed by atoms with E-state index >= 15 is 0 Å². The van der Waals surface area contributed by atoms with Crippen LogP contribution in [0, 0.1) is 18.3 Å². The number of nitrogens with zero attached hydrogens (tertiary/aromatic N) is 3. The lowest BCUT2D eigenvalue weighted by Crippen LogP contribution is -2.38. The zero-order valence-corrected chi connectivity index (χ0v) is 14.4. The second-order valence-corrected chi connectivity index (χ2v) is 6.09. The first-order valence-electron chi connectivity index (χ1n) is 8.05. The fourth-order valence-corrected chi connectivity index (χ4v) is 3.31. The van der Waals surface area contributed by atoms with Crippen LogP contribution in [0.5, 0.6) is 5.88 Å². The molecule has 2 atom stereocenters. The molecule has 2 aromatic rings. The van der Waals surface area contributed by atoms with Gasteiger partial charge in [0.25, 0.3) is 0 Å². The van der Waals surface area contributed by atoms with Crippen molar-refractivity contribution in [3.8, 4) is 11.9 Å². The van der Waals surface area contributed by atoms with Crippen LogP contribution < -0.4 is 15.0 Å². The van der Waals surface area contributed by atoms with E-state index in [9.17, 15) is 10.1 Å². The van der Waals surface area contributed by atoms with Gasteiger partial charge >= 0.3 is 0 Å². The van der Waals surface area contributed by atoms with Crippen molar-refractivity contribution in [1.29, 1.82) is 5.26 Å². The summed E-state index contributed by atoms with van der Waals surface area (Å²) in [6.45, 7) is 4.60. The van der Waals surface area contributed by atoms with Gasteiger partial charge in [-0.2, -0.15) is 5.26 Å². The third-order valence-corrected chi connectivity index (χ3v) is 4.38. The predicted molar refractivity (Wildman–Crippen MR) is 91.5 cm³/mol. The largest absolute Gasteiger partial charge is 0.480 e. The molecule has 25 heavy (non-hydrogen) atoms. The Morgan fingerprint density at radius 1 is 1.44 bits per heavy atom. The molecule has 0 unspecified atom stereocenters. The highest BCUT2D eigenvalue weighted by Gasteiger charge is 2.37. The van der Waals surface area contributed by atoms with Crippen molar-refractivity contribution in [2.24, 2.45) is 0 Å². The van der Waals surface area contributed by atoms with Gasteiger partial charge in [0.2, 0.25) is 11.8 Å². The minimum absolute atomic E-state index is 0.00306. The summed E-state index contributed by atoms with van der Waals surface area (Å²) in [6, 6.07) is 7.71. The molecule has 1 aliphatic heterocycles. The first-order valence-corrected chi connectivity index (χ1v) is 8.05. The van der Waals surface area contributed by atoms with Crippen molar-refractivity contribution in [3.05, 3.63) is 41.5 Å². The molecule has 3 heterocycles. The monoisotopic (exact) mass is 340 g/mol. The van der Waals surface area contributed by atoms with Crippen LogP contribution in [0.4, 0.5) is 5.69 Å². The summed E-state index contributed by atoms with van der Waals surface area (Å²) in [7, 11) is 1.49. The van der Waals surface area contributed by atoms with E-state index in [2.05, 4.69) is 21.3 Å². The second-order valence-electron chi connectivity index (χ2n) is 6.09. The standard InChI is InChI=1S/C18H20N4O3/c1-11-4-5-17(25-11)14-9-22(10-15(14)21-12(2)23)16-6-7-20-18(24-3)13(16)8-19/h4-7,14-15H,9-10H2,1-3H3,(H,21,23)/t14-,15-/m1/s1. The molecule has 1 amide bonds. The van der Waals surface area contributed by atoms with E-state index in [1.165, 1.54) is 14.0 Å². The van der Waals surface area contributed by atoms with Gasteiger partial charge in [-0.25, -0.2) is 4.98 Å². The Bertz CT molecular complexity index is 824. The van der Waals surface area contributed by atoms with Crippen molar-refractivity contribution in [1.82, 2.24) is 10.3 Å². The number of anilines is 1. The molecular weight excluding hydrogens is 320 g/mol. The number of furan rings is 1. The number of aromatic nitrogens is 1. The van der Waals surface area contributed by atoms with Crippen LogP contribution in [0.3, 0.4) is 0 Å². The topological polar surface area (TPSA) is 91.4 Å². The molecule has 0 spiro atoms. The molecule has 7 nitrogen and oxygen atoms in total. The quantitative estimate of drug-likeness (QED) is 0.915. The van der Waals surface area contributed by atoms with Crippen molar-refractivity contribution >= 4 is 11.6 Å². The van der Waals surface area contributed by atoms with Gasteiger partial charge in [-0.1, -0.05) is 0 Å². The van der Waals surface area contributed by atoms with Crippen molar-refractivity contribution in [2.75, 3.05) is 25.1 Å². The molecule has 1 aliphatic rings. The van der Waals surface area contributed by atoms with Gasteiger partial charge in [-0.05, 0) is 25.1 Å². The molecule has 0 aliphatic carbocycles. The van der Waals surface area contributed by atoms with Crippen LogP contribution >= 0.6 is 0 Å². The van der Waals surface area contributed by atoms with Crippen molar-refractivity contribution in [3.63, 3.8) is 0 Å². The van der Waals surface area contributed by atoms with E-state index in [4.69, 9.17) is 9.15 Å². The molecule has 0 aromatic carbocycles. The van der Waals surface area contributed by atoms with Crippen LogP contribution in [0.1, 0.15) is 29.9 Å². The number of amides is 1. The van der Waals surface area contributed by atoms with E-state index < -0.39 is 0 Å². The maximum absolute atomic E-state index is 11.6. The van der Waals surface area contributed by atoms with Gasteiger partial charge in [0.05, 0.1) is 24.8 Å². The van der Waals surface area contributed by atoms with Gasteiger partial charge in [-0.15, -0.1) is 0 Å². The SMILES string of the molecule is COc1nccc(N2C[C@@H](NC(C)=O)[C@H](c3ccc(C)o3)C2)c1C#N. The first-order chi connectivity index (χ1) is 12.0. The Kier molecular flexibility index (Phi) is 4.61. The van der Waals surface area contributed by atoms with E-state index in [-0.39, 0.29) is 17.9 Å². The summed E-state index contributed by atoms with van der Waals surface area (Å²) in [5, 5.41) is 12.5. The number of hydrogen-bond acceptors (Lipinski definition) is 6. The Hall–Kier alpha value is -3.01. The maximum Gasteiger partial charge on any atom is 0.233 e. The van der Waals surface area contributed by atoms with E-state index in [1.807, 2.05) is 19.1 Å². The maximum atomic E-state index is 11.6. The lowest BCUT2D eigenvalue weighted by molar-refractivity contribution is -0.119. The number of carbonyl (C=O) groups is 1. The molecule has 0 radical (unpaired) electrons. The minimum atomic E-state index is -0.103. The average Bonchev–Trinajstić information content (AvgIpc) is 3.19. The number of pyridine rings is 1. The zero-order chi connectivity index (χ0) is 18.0. The van der Waals surface area contributed by atoms with E-state index in [1.54, 1.807) is 12.3 Å². The molecule has 1 saturated heterocycles. The lowest BCUT2D eigenvalue weighted by Gasteiger charge is -2.20. The summed E-state index contributed by atoms with van der Waals surface area (Å²) in [5.41, 5.74) is 1.14. The van der Waals surface area contributed by atoms with Crippen LogP contribution in [0.25, 0.3) is 0 Å². The number of nitrogens with one attached hydrogen (secondary N) is 1. The molecule has 0 saturated carbocycles. The first kappa shape index (κ1) is 16.8. The predicted octanol–water partition coefficient (Wildman–Crippen LogP) is 1.97. The molecular formula is C18H20N4O3. The fraction of sp³-hybridized carbons (Fsp3) is 0.389. The van der Waals surface area contributed by atoms with Crippen molar-refractivity contribution < 1.29 is 13.9 Å². The van der Waals surface area contributed by atoms with Gasteiger partial charge in [0.1, 0.15) is 23.2 Å². The number of ether oxygens (including phenoxy) is 1. The van der Waals surface area contributed by atoms with Crippen LogP contribution in [-0.4, -0.2) is 37.1 Å². The van der Waals surface area contributed by atoms with Gasteiger partial charge < -0.3 is 19.4 Å². The summed E-state index contributed by atoms with van der Waals surface area (Å²) in [5.74, 6) is 1.88. The Morgan fingerprint density at radius 3 is 2.84 bits per heavy atom. The molecule has 7 heteroatoms. The van der Waals surface area contributed by atoms with E-state index in [0.29, 0.717) is 24.5 Å². The summed E-state index contributed by atoms with van der Waals surface area (Å²) >= 11 is 0. The van der Waals surface area contributed by atoms with Crippen LogP contribution in [0.15, 0.2) is 28.8 Å². The number of carbonyl (C=O) groups excluding carboxylic acids is 1. The highest BCUT2D eigenvalue weighted by molar-refractivity contribution is 5.74. The molecule has 2 aromatic heterocycles. The Morgan fingerprint density at radius 2 is 2.24 bits per heavy atom. The molecule has 1 fully saturated rings. The number of rotatable bonds is 4. The summed E-state index contributed by atoms with van der Waals surface area (Å²) < 4.78 is 11.0. The van der Waals surface area contributed by atoms with Gasteiger partial charge in [0, 0.05) is 26.2 Å². The third-order valence-electron chi connectivity index (χ3n) is 4.38. The number of hydrogen-bond donors (Lipinski definition) is 1. The summed E-state index contributed by atoms with van der Waals surface area (Å²) in [6.07, 6.45) is 1.62. The molecule has 130 valence electrons. The van der Waals surface area contributed by atoms with Gasteiger partial charge in [-0.3, -0.25) is 4.79 Å². The third kappa shape index (κ3) is 3.29.